The van der Waals surface area contributed by atoms with Gasteiger partial charge in [-0.2, -0.15) is 0 Å². The third-order valence-electron chi connectivity index (χ3n) is 5.03. The fourth-order valence-electron chi connectivity index (χ4n) is 3.35. The molecule has 0 unspecified atom stereocenters. The summed E-state index contributed by atoms with van der Waals surface area (Å²) in [6.45, 7) is 3.57. The van der Waals surface area contributed by atoms with E-state index in [-0.39, 0.29) is 6.42 Å². The van der Waals surface area contributed by atoms with Crippen LogP contribution in [0.5, 0.6) is 17.2 Å². The van der Waals surface area contributed by atoms with Crippen molar-refractivity contribution >= 4 is 11.7 Å². The molecule has 0 fully saturated rings. The maximum absolute atomic E-state index is 10.8. The predicted molar refractivity (Wildman–Crippen MR) is 128 cm³/mol. The summed E-state index contributed by atoms with van der Waals surface area (Å²) in [5, 5.41) is 12.2. The lowest BCUT2D eigenvalue weighted by Crippen LogP contribution is -2.08. The maximum Gasteiger partial charge on any atom is 0.307 e. The van der Waals surface area contributed by atoms with E-state index in [1.165, 1.54) is 5.56 Å². The number of carbonyl (C=O) groups is 1. The molecule has 0 aliphatic carbocycles. The minimum absolute atomic E-state index is 0.0453. The molecule has 0 atom stereocenters. The van der Waals surface area contributed by atoms with Crippen LogP contribution in [0.1, 0.15) is 37.3 Å². The Morgan fingerprint density at radius 3 is 2.44 bits per heavy atom. The molecule has 32 heavy (non-hydrogen) atoms. The Hall–Kier alpha value is -3.47. The van der Waals surface area contributed by atoms with E-state index < -0.39 is 5.97 Å². The summed E-state index contributed by atoms with van der Waals surface area (Å²) in [7, 11) is 0. The first-order chi connectivity index (χ1) is 15.6. The molecule has 0 aliphatic heterocycles. The Morgan fingerprint density at radius 1 is 0.938 bits per heavy atom. The SMILES string of the molecule is CCCCc1cc(Oc2ccccc2)ccc1OCCCNc1ccc(CC(=O)O)cc1. The standard InChI is InChI=1S/C27H31NO4/c1-2-3-8-22-20-25(32-24-9-5-4-6-10-24)15-16-26(22)31-18-7-17-28-23-13-11-21(12-14-23)19-27(29)30/h4-6,9-16,20,28H,2-3,7-8,17-19H2,1H3,(H,29,30). The van der Waals surface area contributed by atoms with Crippen molar-refractivity contribution in [3.63, 3.8) is 0 Å². The molecular formula is C27H31NO4. The van der Waals surface area contributed by atoms with Crippen LogP contribution in [-0.2, 0) is 17.6 Å². The molecule has 0 aromatic heterocycles. The molecule has 0 saturated carbocycles. The zero-order valence-corrected chi connectivity index (χ0v) is 18.5. The Morgan fingerprint density at radius 2 is 1.72 bits per heavy atom. The summed E-state index contributed by atoms with van der Waals surface area (Å²) in [5.41, 5.74) is 2.94. The number of unbranched alkanes of at least 4 members (excludes halogenated alkanes) is 1. The first-order valence-corrected chi connectivity index (χ1v) is 11.2. The topological polar surface area (TPSA) is 67.8 Å². The van der Waals surface area contributed by atoms with Crippen molar-refractivity contribution in [2.24, 2.45) is 0 Å². The Bertz CT molecular complexity index is 971. The number of carboxylic acid groups (broad SMARTS) is 1. The van der Waals surface area contributed by atoms with Crippen LogP contribution in [0.25, 0.3) is 0 Å². The Kier molecular flexibility index (Phi) is 8.99. The molecule has 0 amide bonds. The van der Waals surface area contributed by atoms with Crippen LogP contribution in [0.3, 0.4) is 0 Å². The molecule has 0 heterocycles. The van der Waals surface area contributed by atoms with E-state index in [4.69, 9.17) is 14.6 Å². The van der Waals surface area contributed by atoms with Gasteiger partial charge in [0.15, 0.2) is 0 Å². The van der Waals surface area contributed by atoms with Gasteiger partial charge in [0.05, 0.1) is 13.0 Å². The van der Waals surface area contributed by atoms with Gasteiger partial charge in [-0.05, 0) is 72.9 Å². The zero-order chi connectivity index (χ0) is 22.6. The second kappa shape index (κ2) is 12.4. The number of rotatable bonds is 13. The first-order valence-electron chi connectivity index (χ1n) is 11.2. The van der Waals surface area contributed by atoms with E-state index in [0.717, 1.165) is 60.7 Å². The average Bonchev–Trinajstić information content (AvgIpc) is 2.80. The molecule has 0 spiro atoms. The predicted octanol–water partition coefficient (Wildman–Crippen LogP) is 6.33. The molecule has 0 radical (unpaired) electrons. The Balaban J connectivity index is 1.49. The number of hydrogen-bond acceptors (Lipinski definition) is 4. The number of aryl methyl sites for hydroxylation is 1. The van der Waals surface area contributed by atoms with Gasteiger partial charge in [-0.3, -0.25) is 4.79 Å². The fraction of sp³-hybridized carbons (Fsp3) is 0.296. The quantitative estimate of drug-likeness (QED) is 0.308. The summed E-state index contributed by atoms with van der Waals surface area (Å²) >= 11 is 0. The molecule has 5 nitrogen and oxygen atoms in total. The molecule has 3 aromatic carbocycles. The van der Waals surface area contributed by atoms with Gasteiger partial charge >= 0.3 is 5.97 Å². The van der Waals surface area contributed by atoms with E-state index >= 15 is 0 Å². The summed E-state index contributed by atoms with van der Waals surface area (Å²) in [6, 6.07) is 23.3. The summed E-state index contributed by atoms with van der Waals surface area (Å²) in [4.78, 5) is 10.8. The minimum atomic E-state index is -0.819. The van der Waals surface area contributed by atoms with Crippen molar-refractivity contribution in [1.82, 2.24) is 0 Å². The van der Waals surface area contributed by atoms with Gasteiger partial charge in [-0.15, -0.1) is 0 Å². The highest BCUT2D eigenvalue weighted by Crippen LogP contribution is 2.29. The van der Waals surface area contributed by atoms with Crippen LogP contribution in [0, 0.1) is 0 Å². The first kappa shape index (κ1) is 23.2. The highest BCUT2D eigenvalue weighted by molar-refractivity contribution is 5.70. The fourth-order valence-corrected chi connectivity index (χ4v) is 3.35. The highest BCUT2D eigenvalue weighted by atomic mass is 16.5. The number of anilines is 1. The maximum atomic E-state index is 10.8. The van der Waals surface area contributed by atoms with Crippen LogP contribution >= 0.6 is 0 Å². The number of carboxylic acids is 1. The number of nitrogens with one attached hydrogen (secondary N) is 1. The van der Waals surface area contributed by atoms with Crippen molar-refractivity contribution < 1.29 is 19.4 Å². The van der Waals surface area contributed by atoms with Gasteiger partial charge in [0.1, 0.15) is 17.2 Å². The molecule has 3 rings (SSSR count). The molecule has 0 bridgehead atoms. The number of para-hydroxylation sites is 1. The highest BCUT2D eigenvalue weighted by Gasteiger charge is 2.07. The average molecular weight is 434 g/mol. The van der Waals surface area contributed by atoms with Crippen molar-refractivity contribution in [3.05, 3.63) is 83.9 Å². The van der Waals surface area contributed by atoms with Crippen LogP contribution in [0.4, 0.5) is 5.69 Å². The third kappa shape index (κ3) is 7.65. The van der Waals surface area contributed by atoms with Crippen LogP contribution in [0.15, 0.2) is 72.8 Å². The molecule has 5 heteroatoms. The number of aliphatic carboxylic acids is 1. The number of benzene rings is 3. The third-order valence-corrected chi connectivity index (χ3v) is 5.03. The molecule has 0 aliphatic rings. The van der Waals surface area contributed by atoms with E-state index in [1.807, 2.05) is 66.7 Å². The molecule has 168 valence electrons. The lowest BCUT2D eigenvalue weighted by molar-refractivity contribution is -0.136. The molecule has 0 saturated heterocycles. The van der Waals surface area contributed by atoms with Crippen molar-refractivity contribution in [2.75, 3.05) is 18.5 Å². The minimum Gasteiger partial charge on any atom is -0.493 e. The van der Waals surface area contributed by atoms with Gasteiger partial charge in [0, 0.05) is 12.2 Å². The van der Waals surface area contributed by atoms with Gasteiger partial charge < -0.3 is 19.9 Å². The van der Waals surface area contributed by atoms with Crippen LogP contribution in [0.2, 0.25) is 0 Å². The number of hydrogen-bond donors (Lipinski definition) is 2. The summed E-state index contributed by atoms with van der Waals surface area (Å²) in [6.07, 6.45) is 4.08. The van der Waals surface area contributed by atoms with Gasteiger partial charge in [0.25, 0.3) is 0 Å². The van der Waals surface area contributed by atoms with Crippen molar-refractivity contribution in [2.45, 2.75) is 39.0 Å². The van der Waals surface area contributed by atoms with Crippen molar-refractivity contribution in [3.8, 4) is 17.2 Å². The number of ether oxygens (including phenoxy) is 2. The van der Waals surface area contributed by atoms with Gasteiger partial charge in [-0.1, -0.05) is 43.7 Å². The van der Waals surface area contributed by atoms with Gasteiger partial charge in [-0.25, -0.2) is 0 Å². The molecule has 3 aromatic rings. The summed E-state index contributed by atoms with van der Waals surface area (Å²) < 4.78 is 12.1. The normalized spacial score (nSPS) is 10.5. The van der Waals surface area contributed by atoms with Gasteiger partial charge in [0.2, 0.25) is 0 Å². The van der Waals surface area contributed by atoms with E-state index in [0.29, 0.717) is 6.61 Å². The van der Waals surface area contributed by atoms with Crippen LogP contribution in [-0.4, -0.2) is 24.2 Å². The monoisotopic (exact) mass is 433 g/mol. The largest absolute Gasteiger partial charge is 0.493 e. The molecular weight excluding hydrogens is 402 g/mol. The zero-order valence-electron chi connectivity index (χ0n) is 18.5. The second-order valence-corrected chi connectivity index (χ2v) is 7.68. The Labute approximate surface area is 190 Å². The van der Waals surface area contributed by atoms with E-state index in [2.05, 4.69) is 18.3 Å². The lowest BCUT2D eigenvalue weighted by Gasteiger charge is -2.14. The summed E-state index contributed by atoms with van der Waals surface area (Å²) in [5.74, 6) is 1.74. The lowest BCUT2D eigenvalue weighted by atomic mass is 10.1. The second-order valence-electron chi connectivity index (χ2n) is 7.68. The molecule has 2 N–H and O–H groups in total. The smallest absolute Gasteiger partial charge is 0.307 e. The van der Waals surface area contributed by atoms with E-state index in [9.17, 15) is 4.79 Å². The van der Waals surface area contributed by atoms with E-state index in [1.54, 1.807) is 0 Å². The van der Waals surface area contributed by atoms with Crippen LogP contribution < -0.4 is 14.8 Å². The van der Waals surface area contributed by atoms with Crippen molar-refractivity contribution in [1.29, 1.82) is 0 Å².